The van der Waals surface area contributed by atoms with Crippen molar-refractivity contribution in [2.24, 2.45) is 0 Å². The quantitative estimate of drug-likeness (QED) is 0.448. The van der Waals surface area contributed by atoms with Gasteiger partial charge in [-0.1, -0.05) is 36.4 Å². The molecule has 0 radical (unpaired) electrons. The van der Waals surface area contributed by atoms with E-state index in [0.717, 1.165) is 16.6 Å². The predicted molar refractivity (Wildman–Crippen MR) is 119 cm³/mol. The number of oxazole rings is 1. The van der Waals surface area contributed by atoms with E-state index in [-0.39, 0.29) is 5.91 Å². The smallest absolute Gasteiger partial charge is 0.251 e. The zero-order valence-electron chi connectivity index (χ0n) is 17.6. The van der Waals surface area contributed by atoms with E-state index in [9.17, 15) is 4.79 Å². The summed E-state index contributed by atoms with van der Waals surface area (Å²) in [6.45, 7) is 2.85. The van der Waals surface area contributed by atoms with E-state index in [0.29, 0.717) is 48.1 Å². The van der Waals surface area contributed by atoms with Gasteiger partial charge in [-0.3, -0.25) is 4.79 Å². The minimum Gasteiger partial charge on any atom is -0.493 e. The largest absolute Gasteiger partial charge is 0.493 e. The van der Waals surface area contributed by atoms with Gasteiger partial charge in [0.15, 0.2) is 23.0 Å². The number of methoxy groups -OCH3 is 1. The molecule has 0 saturated carbocycles. The highest BCUT2D eigenvalue weighted by Gasteiger charge is 2.12. The Bertz CT molecular complexity index is 1180. The molecular formula is C25H24N2O4. The fourth-order valence-corrected chi connectivity index (χ4v) is 3.34. The van der Waals surface area contributed by atoms with E-state index < -0.39 is 0 Å². The number of ether oxygens (including phenoxy) is 2. The lowest BCUT2D eigenvalue weighted by atomic mass is 10.1. The summed E-state index contributed by atoms with van der Waals surface area (Å²) >= 11 is 0. The molecule has 6 heteroatoms. The summed E-state index contributed by atoms with van der Waals surface area (Å²) in [5, 5.41) is 2.93. The first kappa shape index (κ1) is 20.5. The highest BCUT2D eigenvalue weighted by atomic mass is 16.5. The van der Waals surface area contributed by atoms with Crippen LogP contribution in [0.15, 0.2) is 71.1 Å². The highest BCUT2D eigenvalue weighted by molar-refractivity contribution is 5.97. The summed E-state index contributed by atoms with van der Waals surface area (Å²) in [6.07, 6.45) is 0.608. The summed E-state index contributed by atoms with van der Waals surface area (Å²) in [5.41, 5.74) is 3.89. The molecule has 0 saturated heterocycles. The standard InChI is InChI=1S/C25H24N2O4/c1-3-30-21-12-9-18(13-23(21)29-2)16-26-25(28)19-10-11-20-22(15-19)31-24(27-20)14-17-7-5-4-6-8-17/h4-13,15H,3,14,16H2,1-2H3,(H,26,28). The van der Waals surface area contributed by atoms with Crippen LogP contribution in [-0.2, 0) is 13.0 Å². The van der Waals surface area contributed by atoms with Crippen LogP contribution < -0.4 is 14.8 Å². The molecule has 0 aliphatic heterocycles. The number of hydrogen-bond acceptors (Lipinski definition) is 5. The third-order valence-corrected chi connectivity index (χ3v) is 4.87. The molecule has 1 aromatic heterocycles. The van der Waals surface area contributed by atoms with E-state index >= 15 is 0 Å². The Kier molecular flexibility index (Phi) is 6.17. The Balaban J connectivity index is 1.44. The van der Waals surface area contributed by atoms with Crippen molar-refractivity contribution >= 4 is 17.0 Å². The summed E-state index contributed by atoms with van der Waals surface area (Å²) in [5.74, 6) is 1.76. The molecule has 158 valence electrons. The van der Waals surface area contributed by atoms with Crippen molar-refractivity contribution in [3.63, 3.8) is 0 Å². The third-order valence-electron chi connectivity index (χ3n) is 4.87. The number of nitrogens with zero attached hydrogens (tertiary/aromatic N) is 1. The van der Waals surface area contributed by atoms with Gasteiger partial charge in [-0.2, -0.15) is 0 Å². The molecule has 0 bridgehead atoms. The molecule has 31 heavy (non-hydrogen) atoms. The molecule has 1 amide bonds. The van der Waals surface area contributed by atoms with Gasteiger partial charge in [0.2, 0.25) is 0 Å². The zero-order chi connectivity index (χ0) is 21.6. The highest BCUT2D eigenvalue weighted by Crippen LogP contribution is 2.28. The van der Waals surface area contributed by atoms with E-state index in [1.54, 1.807) is 19.2 Å². The van der Waals surface area contributed by atoms with Gasteiger partial charge < -0.3 is 19.2 Å². The lowest BCUT2D eigenvalue weighted by Crippen LogP contribution is -2.22. The van der Waals surface area contributed by atoms with Crippen molar-refractivity contribution in [2.75, 3.05) is 13.7 Å². The van der Waals surface area contributed by atoms with Gasteiger partial charge in [-0.25, -0.2) is 4.98 Å². The van der Waals surface area contributed by atoms with Crippen molar-refractivity contribution in [1.82, 2.24) is 10.3 Å². The van der Waals surface area contributed by atoms with Crippen LogP contribution in [0.2, 0.25) is 0 Å². The fraction of sp³-hybridized carbons (Fsp3) is 0.200. The molecule has 0 unspecified atom stereocenters. The summed E-state index contributed by atoms with van der Waals surface area (Å²) in [4.78, 5) is 17.2. The molecule has 0 aliphatic rings. The Morgan fingerprint density at radius 1 is 1.00 bits per heavy atom. The van der Waals surface area contributed by atoms with Gasteiger partial charge in [0.25, 0.3) is 5.91 Å². The number of rotatable bonds is 8. The number of carbonyl (C=O) groups is 1. The van der Waals surface area contributed by atoms with E-state index in [4.69, 9.17) is 13.9 Å². The normalized spacial score (nSPS) is 10.8. The molecule has 3 aromatic carbocycles. The van der Waals surface area contributed by atoms with Crippen LogP contribution in [-0.4, -0.2) is 24.6 Å². The van der Waals surface area contributed by atoms with Gasteiger partial charge in [-0.05, 0) is 48.4 Å². The monoisotopic (exact) mass is 416 g/mol. The lowest BCUT2D eigenvalue weighted by Gasteiger charge is -2.11. The van der Waals surface area contributed by atoms with Gasteiger partial charge in [0.05, 0.1) is 13.7 Å². The van der Waals surface area contributed by atoms with E-state index in [2.05, 4.69) is 10.3 Å². The second-order valence-electron chi connectivity index (χ2n) is 7.05. The number of amides is 1. The SMILES string of the molecule is CCOc1ccc(CNC(=O)c2ccc3nc(Cc4ccccc4)oc3c2)cc1OC. The average Bonchev–Trinajstić information content (AvgIpc) is 3.20. The van der Waals surface area contributed by atoms with Crippen LogP contribution in [0.1, 0.15) is 34.3 Å². The predicted octanol–water partition coefficient (Wildman–Crippen LogP) is 4.76. The molecule has 1 N–H and O–H groups in total. The third kappa shape index (κ3) is 4.86. The Morgan fingerprint density at radius 3 is 2.61 bits per heavy atom. The van der Waals surface area contributed by atoms with Crippen LogP contribution in [0.3, 0.4) is 0 Å². The van der Waals surface area contributed by atoms with Crippen LogP contribution >= 0.6 is 0 Å². The molecule has 1 heterocycles. The first-order valence-electron chi connectivity index (χ1n) is 10.2. The van der Waals surface area contributed by atoms with Crippen molar-refractivity contribution in [2.45, 2.75) is 19.9 Å². The minimum atomic E-state index is -0.184. The summed E-state index contributed by atoms with van der Waals surface area (Å²) in [7, 11) is 1.60. The van der Waals surface area contributed by atoms with Crippen LogP contribution in [0.25, 0.3) is 11.1 Å². The van der Waals surface area contributed by atoms with Gasteiger partial charge in [0.1, 0.15) is 5.52 Å². The second-order valence-corrected chi connectivity index (χ2v) is 7.05. The second kappa shape index (κ2) is 9.34. The van der Waals surface area contributed by atoms with Crippen molar-refractivity contribution < 1.29 is 18.7 Å². The summed E-state index contributed by atoms with van der Waals surface area (Å²) in [6, 6.07) is 20.9. The Labute approximate surface area is 180 Å². The fourth-order valence-electron chi connectivity index (χ4n) is 3.34. The Morgan fingerprint density at radius 2 is 1.84 bits per heavy atom. The molecule has 4 aromatic rings. The van der Waals surface area contributed by atoms with Crippen molar-refractivity contribution in [3.8, 4) is 11.5 Å². The molecule has 0 spiro atoms. The van der Waals surface area contributed by atoms with E-state index in [1.165, 1.54) is 0 Å². The lowest BCUT2D eigenvalue weighted by molar-refractivity contribution is 0.0951. The van der Waals surface area contributed by atoms with Crippen molar-refractivity contribution in [1.29, 1.82) is 0 Å². The maximum absolute atomic E-state index is 12.7. The molecular weight excluding hydrogens is 392 g/mol. The number of nitrogens with one attached hydrogen (secondary N) is 1. The van der Waals surface area contributed by atoms with Crippen LogP contribution in [0, 0.1) is 0 Å². The van der Waals surface area contributed by atoms with Crippen LogP contribution in [0.4, 0.5) is 0 Å². The number of fused-ring (bicyclic) bond motifs is 1. The number of benzene rings is 3. The topological polar surface area (TPSA) is 73.6 Å². The maximum atomic E-state index is 12.7. The van der Waals surface area contributed by atoms with Gasteiger partial charge in [0, 0.05) is 18.5 Å². The first-order chi connectivity index (χ1) is 15.2. The number of carbonyl (C=O) groups excluding carboxylic acids is 1. The Hall–Kier alpha value is -3.80. The average molecular weight is 416 g/mol. The van der Waals surface area contributed by atoms with E-state index in [1.807, 2.05) is 61.5 Å². The van der Waals surface area contributed by atoms with Gasteiger partial charge in [-0.15, -0.1) is 0 Å². The van der Waals surface area contributed by atoms with Gasteiger partial charge >= 0.3 is 0 Å². The molecule has 0 aliphatic carbocycles. The van der Waals surface area contributed by atoms with Crippen molar-refractivity contribution in [3.05, 3.63) is 89.3 Å². The number of aromatic nitrogens is 1. The molecule has 6 nitrogen and oxygen atoms in total. The van der Waals surface area contributed by atoms with Crippen LogP contribution in [0.5, 0.6) is 11.5 Å². The number of hydrogen-bond donors (Lipinski definition) is 1. The molecule has 4 rings (SSSR count). The molecule has 0 atom stereocenters. The maximum Gasteiger partial charge on any atom is 0.251 e. The minimum absolute atomic E-state index is 0.184. The first-order valence-corrected chi connectivity index (χ1v) is 10.2. The summed E-state index contributed by atoms with van der Waals surface area (Å²) < 4.78 is 16.8. The zero-order valence-corrected chi connectivity index (χ0v) is 17.6. The molecule has 0 fully saturated rings.